The predicted octanol–water partition coefficient (Wildman–Crippen LogP) is 7.35. The van der Waals surface area contributed by atoms with E-state index in [1.54, 1.807) is 30.0 Å². The Balaban J connectivity index is 0.00000152. The van der Waals surface area contributed by atoms with E-state index in [-0.39, 0.29) is 24.8 Å². The number of hydrogen-bond donors (Lipinski definition) is 0. The standard InChI is InChI=1S/2C14H11.2C2H5.2ClH.H2Si.Ti/c2*1-10-5-4-8-13-12-7-3-2-6-11(12)9-14(10)13;2*1-2;;;;/h2*2-4,6-8H,9H2,1H3;2*1H2,2H3;2*1H;1H2;. The molecule has 4 aromatic rings. The largest absolute Gasteiger partial charge is 0.147 e. The second kappa shape index (κ2) is 9.61. The van der Waals surface area contributed by atoms with Crippen LogP contribution < -0.4 is 7.74 Å². The summed E-state index contributed by atoms with van der Waals surface area (Å²) < 4.78 is 5.99. The summed E-state index contributed by atoms with van der Waals surface area (Å²) in [6.45, 7) is 9.83. The Morgan fingerprint density at radius 3 is 1.36 bits per heavy atom. The monoisotopic (exact) mass is 566 g/mol. The van der Waals surface area contributed by atoms with E-state index in [4.69, 9.17) is 0 Å². The molecule has 0 atom stereocenters. The summed E-state index contributed by atoms with van der Waals surface area (Å²) in [5.74, 6) is 0. The molecule has 0 N–H and O–H groups in total. The Bertz CT molecular complexity index is 1450. The zero-order valence-electron chi connectivity index (χ0n) is 21.8. The Hall–Kier alpha value is -1.61. The fourth-order valence-electron chi connectivity index (χ4n) is 7.31. The van der Waals surface area contributed by atoms with E-state index >= 15 is 0 Å². The fraction of sp³-hybridized carbons (Fsp3) is 0.250. The molecule has 6 rings (SSSR count). The topological polar surface area (TPSA) is 0 Å². The second-order valence-electron chi connectivity index (χ2n) is 10.8. The molecule has 0 spiro atoms. The summed E-state index contributed by atoms with van der Waals surface area (Å²) in [4.78, 5) is 0. The van der Waals surface area contributed by atoms with Crippen molar-refractivity contribution in [3.63, 3.8) is 0 Å². The molecule has 0 heterocycles. The third-order valence-corrected chi connectivity index (χ3v) is 28.4. The minimum atomic E-state index is -3.27. The first kappa shape index (κ1) is 27.4. The summed E-state index contributed by atoms with van der Waals surface area (Å²) in [6.07, 6.45) is 2.17. The van der Waals surface area contributed by atoms with Crippen molar-refractivity contribution in [1.82, 2.24) is 0 Å². The zero-order chi connectivity index (χ0) is 23.7. The normalized spacial score (nSPS) is 13.1. The van der Waals surface area contributed by atoms with Crippen LogP contribution >= 0.6 is 24.8 Å². The van der Waals surface area contributed by atoms with E-state index in [1.165, 1.54) is 42.8 Å². The van der Waals surface area contributed by atoms with Gasteiger partial charge in [-0.25, -0.2) is 0 Å². The number of benzene rings is 4. The minimum absolute atomic E-state index is 0. The van der Waals surface area contributed by atoms with E-state index in [2.05, 4.69) is 108 Å². The molecule has 2 aliphatic carbocycles. The van der Waals surface area contributed by atoms with Gasteiger partial charge in [0.25, 0.3) is 0 Å². The molecule has 0 amide bonds. The average Bonchev–Trinajstić information content (AvgIpc) is 3.44. The Morgan fingerprint density at radius 2 is 0.972 bits per heavy atom. The SMILES string of the molecule is C[CH2][Ti](=[SiH2])([CH2]C)([c]1ccc2c(c1C)Cc1ccccc1-2)[c]1ccc2c(c1C)Cc1ccccc1-2.Cl.Cl. The maximum Gasteiger partial charge on any atom is -0.147 e. The van der Waals surface area contributed by atoms with Gasteiger partial charge in [0.15, 0.2) is 0 Å². The summed E-state index contributed by atoms with van der Waals surface area (Å²) in [7, 11) is 2.44. The molecule has 2 aliphatic rings. The van der Waals surface area contributed by atoms with E-state index in [9.17, 15) is 0 Å². The Labute approximate surface area is 231 Å². The number of fused-ring (bicyclic) bond motifs is 6. The van der Waals surface area contributed by atoms with Crippen LogP contribution in [0.1, 0.15) is 47.2 Å². The van der Waals surface area contributed by atoms with Crippen molar-refractivity contribution in [2.24, 2.45) is 0 Å². The number of rotatable bonds is 4. The molecule has 0 aromatic heterocycles. The number of hydrogen-bond acceptors (Lipinski definition) is 0. The van der Waals surface area contributed by atoms with E-state index < -0.39 is 14.0 Å². The third-order valence-electron chi connectivity index (χ3n) is 9.67. The van der Waals surface area contributed by atoms with Crippen molar-refractivity contribution < 1.29 is 14.0 Å². The molecule has 0 radical (unpaired) electrons. The molecular formula is C32H36Cl2SiTi. The van der Waals surface area contributed by atoms with Gasteiger partial charge in [-0.05, 0) is 0 Å². The van der Waals surface area contributed by atoms with Crippen molar-refractivity contribution >= 4 is 40.2 Å². The van der Waals surface area contributed by atoms with Gasteiger partial charge in [-0.1, -0.05) is 0 Å². The first-order chi connectivity index (χ1) is 16.4. The van der Waals surface area contributed by atoms with Gasteiger partial charge < -0.3 is 0 Å². The first-order valence-corrected chi connectivity index (χ1v) is 20.7. The molecule has 186 valence electrons. The summed E-state index contributed by atoms with van der Waals surface area (Å²) >= 11 is -3.27. The van der Waals surface area contributed by atoms with Gasteiger partial charge in [0, 0.05) is 0 Å². The van der Waals surface area contributed by atoms with E-state index in [0.29, 0.717) is 0 Å². The minimum Gasteiger partial charge on any atom is -0.147 e. The first-order valence-electron chi connectivity index (χ1n) is 12.9. The molecule has 0 unspecified atom stereocenters. The molecular weight excluding hydrogens is 531 g/mol. The van der Waals surface area contributed by atoms with Crippen LogP contribution in [0, 0.1) is 13.8 Å². The van der Waals surface area contributed by atoms with Crippen LogP contribution in [0.3, 0.4) is 0 Å². The molecule has 0 fully saturated rings. The molecule has 4 heteroatoms. The van der Waals surface area contributed by atoms with E-state index in [1.807, 2.05) is 0 Å². The van der Waals surface area contributed by atoms with Gasteiger partial charge >= 0.3 is 208 Å². The summed E-state index contributed by atoms with van der Waals surface area (Å²) in [5, 5.41) is 0. The predicted molar refractivity (Wildman–Crippen MR) is 162 cm³/mol. The van der Waals surface area contributed by atoms with Crippen molar-refractivity contribution in [1.29, 1.82) is 0 Å². The molecule has 0 bridgehead atoms. The van der Waals surface area contributed by atoms with Crippen molar-refractivity contribution in [2.45, 2.75) is 50.0 Å². The van der Waals surface area contributed by atoms with Gasteiger partial charge in [-0.15, -0.1) is 24.8 Å². The second-order valence-corrected chi connectivity index (χ2v) is 27.8. The van der Waals surface area contributed by atoms with Gasteiger partial charge in [-0.3, -0.25) is 0 Å². The molecule has 0 saturated carbocycles. The van der Waals surface area contributed by atoms with Crippen LogP contribution in [-0.4, -0.2) is 7.63 Å². The van der Waals surface area contributed by atoms with Crippen LogP contribution in [0.2, 0.25) is 9.45 Å². The van der Waals surface area contributed by atoms with Crippen LogP contribution in [0.15, 0.2) is 72.8 Å². The van der Waals surface area contributed by atoms with E-state index in [0.717, 1.165) is 12.8 Å². The Kier molecular flexibility index (Phi) is 7.32. The maximum atomic E-state index is 2.55. The molecule has 0 saturated heterocycles. The van der Waals surface area contributed by atoms with Crippen molar-refractivity contribution in [3.05, 3.63) is 106 Å². The smallest absolute Gasteiger partial charge is 0.147 e. The fourth-order valence-corrected chi connectivity index (χ4v) is 19.2. The van der Waals surface area contributed by atoms with Crippen LogP contribution in [-0.2, 0) is 26.9 Å². The summed E-state index contributed by atoms with van der Waals surface area (Å²) in [6, 6.07) is 28.0. The molecule has 0 aliphatic heterocycles. The molecule has 0 nitrogen and oxygen atoms in total. The van der Waals surface area contributed by atoms with Gasteiger partial charge in [0.1, 0.15) is 0 Å². The molecule has 36 heavy (non-hydrogen) atoms. The Morgan fingerprint density at radius 1 is 0.583 bits per heavy atom. The zero-order valence-corrected chi connectivity index (χ0v) is 26.4. The van der Waals surface area contributed by atoms with Crippen molar-refractivity contribution in [3.8, 4) is 22.3 Å². The maximum absolute atomic E-state index is 3.27. The van der Waals surface area contributed by atoms with Crippen molar-refractivity contribution in [2.75, 3.05) is 0 Å². The van der Waals surface area contributed by atoms with Crippen LogP contribution in [0.25, 0.3) is 22.3 Å². The molecule has 4 aromatic carbocycles. The average molecular weight is 567 g/mol. The van der Waals surface area contributed by atoms with Gasteiger partial charge in [-0.2, -0.15) is 0 Å². The third kappa shape index (κ3) is 3.58. The summed E-state index contributed by atoms with van der Waals surface area (Å²) in [5.41, 5.74) is 15.1. The quantitative estimate of drug-likeness (QED) is 0.196. The van der Waals surface area contributed by atoms with Crippen LogP contribution in [0.5, 0.6) is 0 Å². The van der Waals surface area contributed by atoms with Gasteiger partial charge in [0.05, 0.1) is 0 Å². The van der Waals surface area contributed by atoms with Crippen LogP contribution in [0.4, 0.5) is 0 Å². The van der Waals surface area contributed by atoms with Gasteiger partial charge in [0.2, 0.25) is 0 Å². The number of halogens is 2.